The zero-order chi connectivity index (χ0) is 19.9. The predicted molar refractivity (Wildman–Crippen MR) is 115 cm³/mol. The fourth-order valence-electron chi connectivity index (χ4n) is 3.85. The average molecular weight is 399 g/mol. The van der Waals surface area contributed by atoms with Crippen molar-refractivity contribution < 1.29 is 9.47 Å². The minimum absolute atomic E-state index is 0.832. The molecule has 8 nitrogen and oxygen atoms in total. The van der Waals surface area contributed by atoms with Crippen molar-refractivity contribution >= 4 is 17.3 Å². The lowest BCUT2D eigenvalue weighted by molar-refractivity contribution is 0.0398. The number of benzene rings is 1. The van der Waals surface area contributed by atoms with E-state index in [0.29, 0.717) is 0 Å². The quantitative estimate of drug-likeness (QED) is 0.754. The van der Waals surface area contributed by atoms with Gasteiger partial charge in [-0.25, -0.2) is 9.97 Å². The first kappa shape index (κ1) is 19.7. The van der Waals surface area contributed by atoms with Crippen molar-refractivity contribution in [2.45, 2.75) is 0 Å². The summed E-state index contributed by atoms with van der Waals surface area (Å²) in [5.41, 5.74) is 1.16. The third kappa shape index (κ3) is 5.07. The molecular formula is C21H30N6O2. The van der Waals surface area contributed by atoms with E-state index in [1.807, 2.05) is 12.1 Å². The lowest BCUT2D eigenvalue weighted by Crippen LogP contribution is -2.47. The highest BCUT2D eigenvalue weighted by atomic mass is 16.5. The Morgan fingerprint density at radius 1 is 1.00 bits per heavy atom. The molecule has 0 amide bonds. The molecule has 0 radical (unpaired) electrons. The van der Waals surface area contributed by atoms with Crippen molar-refractivity contribution in [2.24, 2.45) is 0 Å². The summed E-state index contributed by atoms with van der Waals surface area (Å²) in [7, 11) is 1.73. The highest BCUT2D eigenvalue weighted by molar-refractivity contribution is 5.59. The number of hydrogen-bond donors (Lipinski definition) is 1. The van der Waals surface area contributed by atoms with E-state index in [1.165, 1.54) is 0 Å². The number of ether oxygens (including phenoxy) is 2. The Kier molecular flexibility index (Phi) is 6.63. The molecule has 29 heavy (non-hydrogen) atoms. The Hall–Kier alpha value is -2.58. The normalized spacial score (nSPS) is 18.0. The smallest absolute Gasteiger partial charge is 0.142 e. The Balaban J connectivity index is 1.30. The summed E-state index contributed by atoms with van der Waals surface area (Å²) in [6.07, 6.45) is 1.65. The maximum absolute atomic E-state index is 5.51. The lowest BCUT2D eigenvalue weighted by atomic mass is 10.2. The van der Waals surface area contributed by atoms with Crippen molar-refractivity contribution in [3.05, 3.63) is 36.7 Å². The van der Waals surface area contributed by atoms with Crippen LogP contribution >= 0.6 is 0 Å². The summed E-state index contributed by atoms with van der Waals surface area (Å²) in [6.45, 7) is 9.26. The van der Waals surface area contributed by atoms with Gasteiger partial charge in [-0.2, -0.15) is 0 Å². The molecule has 0 aliphatic carbocycles. The molecule has 3 heterocycles. The number of nitrogens with one attached hydrogen (secondary N) is 1. The minimum Gasteiger partial charge on any atom is -0.495 e. The van der Waals surface area contributed by atoms with Gasteiger partial charge >= 0.3 is 0 Å². The van der Waals surface area contributed by atoms with Gasteiger partial charge in [0.2, 0.25) is 0 Å². The van der Waals surface area contributed by atoms with Crippen LogP contribution in [0, 0.1) is 0 Å². The summed E-state index contributed by atoms with van der Waals surface area (Å²) in [5.74, 6) is 2.79. The van der Waals surface area contributed by atoms with E-state index in [2.05, 4.69) is 48.2 Å². The fourth-order valence-corrected chi connectivity index (χ4v) is 3.85. The van der Waals surface area contributed by atoms with Crippen molar-refractivity contribution in [3.8, 4) is 5.75 Å². The number of methoxy groups -OCH3 is 1. The maximum Gasteiger partial charge on any atom is 0.142 e. The monoisotopic (exact) mass is 398 g/mol. The van der Waals surface area contributed by atoms with Crippen LogP contribution in [0.3, 0.4) is 0 Å². The lowest BCUT2D eigenvalue weighted by Gasteiger charge is -2.37. The van der Waals surface area contributed by atoms with Crippen molar-refractivity contribution in [2.75, 3.05) is 87.8 Å². The van der Waals surface area contributed by atoms with Gasteiger partial charge in [-0.1, -0.05) is 12.1 Å². The molecule has 0 spiro atoms. The van der Waals surface area contributed by atoms with Crippen molar-refractivity contribution in [1.29, 1.82) is 0 Å². The number of morpholine rings is 1. The molecule has 0 unspecified atom stereocenters. The van der Waals surface area contributed by atoms with E-state index in [4.69, 9.17) is 9.47 Å². The summed E-state index contributed by atoms with van der Waals surface area (Å²) >= 11 is 0. The SMILES string of the molecule is COc1ccccc1N1CCN(c2cc(NCCN3CCOCC3)ncn2)CC1. The van der Waals surface area contributed by atoms with Gasteiger partial charge < -0.3 is 24.6 Å². The first-order valence-corrected chi connectivity index (χ1v) is 10.3. The molecule has 0 saturated carbocycles. The first-order valence-electron chi connectivity index (χ1n) is 10.3. The van der Waals surface area contributed by atoms with Crippen LogP contribution in [0.25, 0.3) is 0 Å². The second-order valence-electron chi connectivity index (χ2n) is 7.29. The molecular weight excluding hydrogens is 368 g/mol. The highest BCUT2D eigenvalue weighted by Gasteiger charge is 2.20. The summed E-state index contributed by atoms with van der Waals surface area (Å²) in [6, 6.07) is 10.3. The Bertz CT molecular complexity index is 775. The fraction of sp³-hybridized carbons (Fsp3) is 0.524. The van der Waals surface area contributed by atoms with Crippen LogP contribution in [0.15, 0.2) is 36.7 Å². The van der Waals surface area contributed by atoms with E-state index in [1.54, 1.807) is 13.4 Å². The first-order chi connectivity index (χ1) is 14.3. The minimum atomic E-state index is 0.832. The molecule has 156 valence electrons. The molecule has 8 heteroatoms. The second-order valence-corrected chi connectivity index (χ2v) is 7.29. The number of para-hydroxylation sites is 2. The number of anilines is 3. The molecule has 2 saturated heterocycles. The summed E-state index contributed by atoms with van der Waals surface area (Å²) < 4.78 is 10.9. The number of rotatable bonds is 7. The van der Waals surface area contributed by atoms with Crippen LogP contribution in [0.2, 0.25) is 0 Å². The molecule has 1 aromatic carbocycles. The molecule has 2 fully saturated rings. The van der Waals surface area contributed by atoms with Crippen LogP contribution in [0.4, 0.5) is 17.3 Å². The summed E-state index contributed by atoms with van der Waals surface area (Å²) in [5, 5.41) is 3.43. The van der Waals surface area contributed by atoms with Gasteiger partial charge in [0.15, 0.2) is 0 Å². The highest BCUT2D eigenvalue weighted by Crippen LogP contribution is 2.29. The number of nitrogens with zero attached hydrogens (tertiary/aromatic N) is 5. The molecule has 2 aliphatic rings. The Morgan fingerprint density at radius 2 is 1.76 bits per heavy atom. The molecule has 0 atom stereocenters. The third-order valence-electron chi connectivity index (χ3n) is 5.52. The van der Waals surface area contributed by atoms with E-state index >= 15 is 0 Å². The molecule has 1 N–H and O–H groups in total. The number of hydrogen-bond acceptors (Lipinski definition) is 8. The maximum atomic E-state index is 5.51. The number of piperazine rings is 1. The van der Waals surface area contributed by atoms with Gasteiger partial charge in [-0.05, 0) is 12.1 Å². The number of aromatic nitrogens is 2. The van der Waals surface area contributed by atoms with Crippen molar-refractivity contribution in [1.82, 2.24) is 14.9 Å². The van der Waals surface area contributed by atoms with Gasteiger partial charge in [0.05, 0.1) is 26.0 Å². The molecule has 2 aliphatic heterocycles. The largest absolute Gasteiger partial charge is 0.495 e. The van der Waals surface area contributed by atoms with Gasteiger partial charge in [-0.15, -0.1) is 0 Å². The van der Waals surface area contributed by atoms with Gasteiger partial charge in [0.1, 0.15) is 23.7 Å². The van der Waals surface area contributed by atoms with Gasteiger partial charge in [0, 0.05) is 58.4 Å². The standard InChI is InChI=1S/C21H30N6O2/c1-28-19-5-3-2-4-18(19)26-8-10-27(11-9-26)21-16-20(23-17-24-21)22-6-7-25-12-14-29-15-13-25/h2-5,16-17H,6-15H2,1H3,(H,22,23,24). The molecule has 2 aromatic rings. The van der Waals surface area contributed by atoms with Crippen LogP contribution in [0.5, 0.6) is 5.75 Å². The predicted octanol–water partition coefficient (Wildman–Crippen LogP) is 1.56. The zero-order valence-electron chi connectivity index (χ0n) is 17.1. The zero-order valence-corrected chi connectivity index (χ0v) is 17.1. The van der Waals surface area contributed by atoms with Crippen LogP contribution in [-0.4, -0.2) is 87.5 Å². The third-order valence-corrected chi connectivity index (χ3v) is 5.52. The second kappa shape index (κ2) is 9.76. The Morgan fingerprint density at radius 3 is 2.55 bits per heavy atom. The average Bonchev–Trinajstić information content (AvgIpc) is 2.80. The van der Waals surface area contributed by atoms with Crippen LogP contribution < -0.4 is 19.9 Å². The van der Waals surface area contributed by atoms with Gasteiger partial charge in [0.25, 0.3) is 0 Å². The Labute approximate surface area is 172 Å². The van der Waals surface area contributed by atoms with Gasteiger partial charge in [-0.3, -0.25) is 4.90 Å². The molecule has 1 aromatic heterocycles. The van der Waals surface area contributed by atoms with Crippen LogP contribution in [-0.2, 0) is 4.74 Å². The summed E-state index contributed by atoms with van der Waals surface area (Å²) in [4.78, 5) is 16.0. The van der Waals surface area contributed by atoms with Crippen LogP contribution in [0.1, 0.15) is 0 Å². The van der Waals surface area contributed by atoms with E-state index in [0.717, 1.165) is 88.6 Å². The topological polar surface area (TPSA) is 66.0 Å². The molecule has 4 rings (SSSR count). The van der Waals surface area contributed by atoms with E-state index in [9.17, 15) is 0 Å². The van der Waals surface area contributed by atoms with Crippen molar-refractivity contribution in [3.63, 3.8) is 0 Å². The molecule has 0 bridgehead atoms. The van der Waals surface area contributed by atoms with E-state index in [-0.39, 0.29) is 0 Å². The van der Waals surface area contributed by atoms with E-state index < -0.39 is 0 Å².